The SMILES string of the molecule is [CH]c1ccnc(N2CCCC2=O)c1. The predicted molar refractivity (Wildman–Crippen MR) is 49.2 cm³/mol. The molecule has 1 amide bonds. The predicted octanol–water partition coefficient (Wildman–Crippen LogP) is 1.27. The molecule has 3 heteroatoms. The lowest BCUT2D eigenvalue weighted by Crippen LogP contribution is -2.24. The maximum atomic E-state index is 11.3. The molecule has 2 rings (SSSR count). The molecule has 1 aliphatic rings. The van der Waals surface area contributed by atoms with Gasteiger partial charge in [-0.05, 0) is 31.0 Å². The minimum Gasteiger partial charge on any atom is -0.297 e. The Morgan fingerprint density at radius 1 is 1.54 bits per heavy atom. The fraction of sp³-hybridized carbons (Fsp3) is 0.300. The van der Waals surface area contributed by atoms with Gasteiger partial charge in [0, 0.05) is 19.2 Å². The first-order valence-electron chi connectivity index (χ1n) is 4.29. The summed E-state index contributed by atoms with van der Waals surface area (Å²) in [4.78, 5) is 17.1. The highest BCUT2D eigenvalue weighted by atomic mass is 16.2. The van der Waals surface area contributed by atoms with E-state index in [2.05, 4.69) is 4.98 Å². The van der Waals surface area contributed by atoms with Crippen molar-refractivity contribution in [3.05, 3.63) is 30.8 Å². The Kier molecular flexibility index (Phi) is 2.00. The van der Waals surface area contributed by atoms with Gasteiger partial charge in [0.25, 0.3) is 0 Å². The number of aromatic nitrogens is 1. The van der Waals surface area contributed by atoms with Gasteiger partial charge >= 0.3 is 0 Å². The van der Waals surface area contributed by atoms with E-state index in [1.165, 1.54) is 0 Å². The Morgan fingerprint density at radius 3 is 3.00 bits per heavy atom. The normalized spacial score (nSPS) is 16.7. The third-order valence-electron chi connectivity index (χ3n) is 2.12. The van der Waals surface area contributed by atoms with E-state index in [-0.39, 0.29) is 5.91 Å². The van der Waals surface area contributed by atoms with Gasteiger partial charge in [0.15, 0.2) is 0 Å². The molecule has 0 bridgehead atoms. The van der Waals surface area contributed by atoms with Crippen molar-refractivity contribution in [2.45, 2.75) is 12.8 Å². The Labute approximate surface area is 77.4 Å². The maximum absolute atomic E-state index is 11.3. The topological polar surface area (TPSA) is 33.2 Å². The summed E-state index contributed by atoms with van der Waals surface area (Å²) < 4.78 is 0. The summed E-state index contributed by atoms with van der Waals surface area (Å²) in [6.45, 7) is 6.35. The van der Waals surface area contributed by atoms with Gasteiger partial charge in [0.05, 0.1) is 0 Å². The molecule has 13 heavy (non-hydrogen) atoms. The quantitative estimate of drug-likeness (QED) is 0.642. The molecule has 3 nitrogen and oxygen atoms in total. The average molecular weight is 174 g/mol. The van der Waals surface area contributed by atoms with Crippen molar-refractivity contribution in [3.63, 3.8) is 0 Å². The van der Waals surface area contributed by atoms with E-state index < -0.39 is 0 Å². The van der Waals surface area contributed by atoms with Crippen molar-refractivity contribution in [1.29, 1.82) is 0 Å². The molecule has 1 aliphatic heterocycles. The van der Waals surface area contributed by atoms with Crippen molar-refractivity contribution in [2.75, 3.05) is 11.4 Å². The number of amides is 1. The van der Waals surface area contributed by atoms with Crippen molar-refractivity contribution >= 4 is 11.7 Å². The number of pyridine rings is 1. The molecule has 66 valence electrons. The molecule has 1 aromatic rings. The van der Waals surface area contributed by atoms with Gasteiger partial charge in [-0.2, -0.15) is 0 Å². The number of rotatable bonds is 1. The summed E-state index contributed by atoms with van der Waals surface area (Å²) in [5.41, 5.74) is 0.643. The van der Waals surface area contributed by atoms with Crippen molar-refractivity contribution < 1.29 is 4.79 Å². The Bertz CT molecular complexity index is 335. The minimum atomic E-state index is 0.137. The molecule has 0 aromatic carbocycles. The van der Waals surface area contributed by atoms with E-state index in [1.54, 1.807) is 23.2 Å². The highest BCUT2D eigenvalue weighted by Crippen LogP contribution is 2.19. The summed E-state index contributed by atoms with van der Waals surface area (Å²) in [6, 6.07) is 3.44. The van der Waals surface area contributed by atoms with Gasteiger partial charge in [-0.25, -0.2) is 4.98 Å². The van der Waals surface area contributed by atoms with Crippen LogP contribution in [0.15, 0.2) is 18.3 Å². The molecule has 1 fully saturated rings. The second-order valence-electron chi connectivity index (χ2n) is 3.10. The van der Waals surface area contributed by atoms with Crippen LogP contribution in [0.2, 0.25) is 0 Å². The molecule has 2 heterocycles. The molecule has 1 saturated heterocycles. The molecular weight excluding hydrogens is 164 g/mol. The Hall–Kier alpha value is -1.38. The number of carbonyl (C=O) groups is 1. The third-order valence-corrected chi connectivity index (χ3v) is 2.12. The van der Waals surface area contributed by atoms with E-state index in [1.807, 2.05) is 0 Å². The van der Waals surface area contributed by atoms with Gasteiger partial charge in [0.1, 0.15) is 5.82 Å². The lowest BCUT2D eigenvalue weighted by Gasteiger charge is -2.14. The van der Waals surface area contributed by atoms with Crippen LogP contribution < -0.4 is 4.90 Å². The molecule has 0 saturated carbocycles. The lowest BCUT2D eigenvalue weighted by molar-refractivity contribution is -0.117. The lowest BCUT2D eigenvalue weighted by atomic mass is 10.3. The summed E-state index contributed by atoms with van der Waals surface area (Å²) in [7, 11) is 0. The van der Waals surface area contributed by atoms with Crippen molar-refractivity contribution in [3.8, 4) is 0 Å². The molecule has 0 N–H and O–H groups in total. The zero-order valence-corrected chi connectivity index (χ0v) is 7.23. The molecule has 2 radical (unpaired) electrons. The number of hydrogen-bond donors (Lipinski definition) is 0. The highest BCUT2D eigenvalue weighted by molar-refractivity contribution is 5.94. The van der Waals surface area contributed by atoms with E-state index in [9.17, 15) is 4.79 Å². The van der Waals surface area contributed by atoms with Crippen LogP contribution in [0.25, 0.3) is 0 Å². The van der Waals surface area contributed by atoms with E-state index >= 15 is 0 Å². The van der Waals surface area contributed by atoms with Gasteiger partial charge in [-0.15, -0.1) is 0 Å². The Balaban J connectivity index is 2.29. The van der Waals surface area contributed by atoms with Crippen LogP contribution in [-0.2, 0) is 4.79 Å². The highest BCUT2D eigenvalue weighted by Gasteiger charge is 2.22. The average Bonchev–Trinajstić information content (AvgIpc) is 2.51. The minimum absolute atomic E-state index is 0.137. The van der Waals surface area contributed by atoms with Crippen LogP contribution in [-0.4, -0.2) is 17.4 Å². The van der Waals surface area contributed by atoms with Crippen LogP contribution in [0.3, 0.4) is 0 Å². The van der Waals surface area contributed by atoms with Crippen LogP contribution in [0.5, 0.6) is 0 Å². The van der Waals surface area contributed by atoms with Crippen LogP contribution in [0.4, 0.5) is 5.82 Å². The van der Waals surface area contributed by atoms with E-state index in [0.717, 1.165) is 13.0 Å². The smallest absolute Gasteiger partial charge is 0.228 e. The van der Waals surface area contributed by atoms with Crippen LogP contribution >= 0.6 is 0 Å². The summed E-state index contributed by atoms with van der Waals surface area (Å²) >= 11 is 0. The first kappa shape index (κ1) is 8.23. The van der Waals surface area contributed by atoms with E-state index in [4.69, 9.17) is 6.92 Å². The van der Waals surface area contributed by atoms with Gasteiger partial charge in [0.2, 0.25) is 5.91 Å². The first-order valence-corrected chi connectivity index (χ1v) is 4.29. The molecule has 0 atom stereocenters. The molecule has 1 aromatic heterocycles. The fourth-order valence-electron chi connectivity index (χ4n) is 1.47. The molecular formula is C10H10N2O. The zero-order chi connectivity index (χ0) is 9.26. The van der Waals surface area contributed by atoms with Gasteiger partial charge in [-0.3, -0.25) is 9.69 Å². The second-order valence-corrected chi connectivity index (χ2v) is 3.10. The zero-order valence-electron chi connectivity index (χ0n) is 7.23. The number of carbonyl (C=O) groups excluding carboxylic acids is 1. The number of anilines is 1. The maximum Gasteiger partial charge on any atom is 0.228 e. The first-order chi connectivity index (χ1) is 6.27. The Morgan fingerprint density at radius 2 is 2.38 bits per heavy atom. The van der Waals surface area contributed by atoms with E-state index in [0.29, 0.717) is 17.8 Å². The standard InChI is InChI=1S/C10H10N2O/c1-8-4-5-11-9(7-8)12-6-2-3-10(12)13/h1,4-5,7H,2-3,6H2. The monoisotopic (exact) mass is 174 g/mol. The number of nitrogens with zero attached hydrogens (tertiary/aromatic N) is 2. The molecule has 0 spiro atoms. The van der Waals surface area contributed by atoms with Gasteiger partial charge in [-0.1, -0.05) is 0 Å². The second kappa shape index (κ2) is 3.17. The summed E-state index contributed by atoms with van der Waals surface area (Å²) in [6.07, 6.45) is 3.15. The van der Waals surface area contributed by atoms with Gasteiger partial charge < -0.3 is 0 Å². The van der Waals surface area contributed by atoms with Crippen LogP contribution in [0.1, 0.15) is 18.4 Å². The fourth-order valence-corrected chi connectivity index (χ4v) is 1.47. The molecule has 0 aliphatic carbocycles. The number of hydrogen-bond acceptors (Lipinski definition) is 2. The largest absolute Gasteiger partial charge is 0.297 e. The third kappa shape index (κ3) is 1.54. The van der Waals surface area contributed by atoms with Crippen molar-refractivity contribution in [2.24, 2.45) is 0 Å². The van der Waals surface area contributed by atoms with Crippen molar-refractivity contribution in [1.82, 2.24) is 4.98 Å². The van der Waals surface area contributed by atoms with Crippen LogP contribution in [0, 0.1) is 6.92 Å². The summed E-state index contributed by atoms with van der Waals surface area (Å²) in [5.74, 6) is 0.806. The summed E-state index contributed by atoms with van der Waals surface area (Å²) in [5, 5.41) is 0. The molecule has 0 unspecified atom stereocenters.